The number of rotatable bonds is 6. The predicted molar refractivity (Wildman–Crippen MR) is 150 cm³/mol. The van der Waals surface area contributed by atoms with Crippen LogP contribution in [0.15, 0.2) is 52.3 Å². The van der Waals surface area contributed by atoms with E-state index in [1.165, 1.54) is 12.1 Å². The average Bonchev–Trinajstić information content (AvgIpc) is 3.78. The molecule has 3 aromatic rings. The Morgan fingerprint density at radius 2 is 1.68 bits per heavy atom. The van der Waals surface area contributed by atoms with Crippen LogP contribution < -0.4 is 4.18 Å². The molecule has 1 aliphatic carbocycles. The van der Waals surface area contributed by atoms with Gasteiger partial charge >= 0.3 is 10.1 Å². The summed E-state index contributed by atoms with van der Waals surface area (Å²) in [5, 5.41) is 1.84. The van der Waals surface area contributed by atoms with Crippen molar-refractivity contribution in [3.05, 3.63) is 64.7 Å². The van der Waals surface area contributed by atoms with Crippen molar-refractivity contribution in [1.82, 2.24) is 0 Å². The summed E-state index contributed by atoms with van der Waals surface area (Å²) in [6.45, 7) is 0. The molecule has 8 rings (SSSR count). The molecule has 3 unspecified atom stereocenters. The van der Waals surface area contributed by atoms with Crippen LogP contribution in [-0.2, 0) is 48.2 Å². The van der Waals surface area contributed by atoms with Crippen molar-refractivity contribution in [2.24, 2.45) is 0 Å². The predicted octanol–water partition coefficient (Wildman–Crippen LogP) is 5.55. The topological polar surface area (TPSA) is 116 Å². The van der Waals surface area contributed by atoms with Crippen molar-refractivity contribution in [3.8, 4) is 5.75 Å². The van der Waals surface area contributed by atoms with Crippen molar-refractivity contribution < 1.29 is 35.0 Å². The second-order valence-corrected chi connectivity index (χ2v) is 15.2. The standard InChI is InChI=1S/C31H32O8S2/c32-40(33,34)28-11-10-27(22-6-3-7-23(22)28)39-41(35,36)30-25(24-17-20-8-9-26(24)37-20)16-18-4-1-2-5-21(18)29(30)31-14-12-19(38-31)13-15-31/h1-2,4-5,10-11,16,19-20,24,26H,3,6-9,12-15,17H2,(H,32,33,34). The van der Waals surface area contributed by atoms with Gasteiger partial charge in [-0.3, -0.25) is 4.55 Å². The molecule has 3 atom stereocenters. The minimum Gasteiger partial charge on any atom is -0.379 e. The Morgan fingerprint density at radius 1 is 0.902 bits per heavy atom. The van der Waals surface area contributed by atoms with Crippen LogP contribution in [0.1, 0.15) is 79.5 Å². The summed E-state index contributed by atoms with van der Waals surface area (Å²) in [6.07, 6.45) is 7.67. The maximum atomic E-state index is 14.7. The van der Waals surface area contributed by atoms with Crippen LogP contribution in [0.5, 0.6) is 5.75 Å². The van der Waals surface area contributed by atoms with Gasteiger partial charge < -0.3 is 13.7 Å². The molecule has 216 valence electrons. The summed E-state index contributed by atoms with van der Waals surface area (Å²) in [5.74, 6) is 0.0430. The zero-order valence-electron chi connectivity index (χ0n) is 22.5. The Kier molecular flexibility index (Phi) is 5.74. The van der Waals surface area contributed by atoms with Gasteiger partial charge in [-0.1, -0.05) is 24.3 Å². The second-order valence-electron chi connectivity index (χ2n) is 12.3. The summed E-state index contributed by atoms with van der Waals surface area (Å²) in [5.41, 5.74) is 1.66. The van der Waals surface area contributed by atoms with Gasteiger partial charge in [0.05, 0.1) is 28.8 Å². The normalized spacial score (nSPS) is 30.4. The van der Waals surface area contributed by atoms with E-state index in [4.69, 9.17) is 13.7 Å². The zero-order chi connectivity index (χ0) is 28.1. The highest BCUT2D eigenvalue weighted by molar-refractivity contribution is 7.87. The van der Waals surface area contributed by atoms with Gasteiger partial charge in [0.25, 0.3) is 10.1 Å². The average molecular weight is 597 g/mol. The lowest BCUT2D eigenvalue weighted by atomic mass is 9.77. The fourth-order valence-corrected chi connectivity index (χ4v) is 10.7. The van der Waals surface area contributed by atoms with Gasteiger partial charge in [0.1, 0.15) is 10.6 Å². The molecule has 0 saturated carbocycles. The Bertz CT molecular complexity index is 1810. The quantitative estimate of drug-likeness (QED) is 0.291. The lowest BCUT2D eigenvalue weighted by Gasteiger charge is -2.32. The molecule has 0 amide bonds. The van der Waals surface area contributed by atoms with E-state index in [-0.39, 0.29) is 39.8 Å². The zero-order valence-corrected chi connectivity index (χ0v) is 24.2. The number of benzene rings is 3. The van der Waals surface area contributed by atoms with Crippen molar-refractivity contribution in [1.29, 1.82) is 0 Å². The first kappa shape index (κ1) is 26.2. The number of ether oxygens (including phenoxy) is 2. The molecule has 4 fully saturated rings. The molecule has 0 aromatic heterocycles. The molecule has 4 aliphatic heterocycles. The highest BCUT2D eigenvalue weighted by atomic mass is 32.2. The molecular formula is C31H32O8S2. The van der Waals surface area contributed by atoms with E-state index in [2.05, 4.69) is 0 Å². The SMILES string of the molecule is O=S(=O)(O)c1ccc(OS(=O)(=O)c2c(C3CC4CCC3O4)cc3ccccc3c2C23CCC(CC2)O3)c2c1CCC2. The largest absolute Gasteiger partial charge is 0.379 e. The first-order chi connectivity index (χ1) is 19.6. The van der Waals surface area contributed by atoms with Gasteiger partial charge in [0, 0.05) is 17.0 Å². The van der Waals surface area contributed by atoms with Gasteiger partial charge in [0.15, 0.2) is 0 Å². The Morgan fingerprint density at radius 3 is 2.37 bits per heavy atom. The molecule has 8 nitrogen and oxygen atoms in total. The summed E-state index contributed by atoms with van der Waals surface area (Å²) in [4.78, 5) is 0.00158. The highest BCUT2D eigenvalue weighted by Crippen LogP contribution is 2.56. The molecular weight excluding hydrogens is 564 g/mol. The molecule has 3 aromatic carbocycles. The van der Waals surface area contributed by atoms with Crippen LogP contribution in [0.3, 0.4) is 0 Å². The summed E-state index contributed by atoms with van der Waals surface area (Å²) in [6, 6.07) is 12.5. The number of hydrogen-bond donors (Lipinski definition) is 1. The lowest BCUT2D eigenvalue weighted by molar-refractivity contribution is 0.00884. The van der Waals surface area contributed by atoms with Crippen LogP contribution in [0.4, 0.5) is 0 Å². The highest BCUT2D eigenvalue weighted by Gasteiger charge is 2.52. The third-order valence-corrected chi connectivity index (χ3v) is 12.3. The van der Waals surface area contributed by atoms with Crippen molar-refractivity contribution in [3.63, 3.8) is 0 Å². The van der Waals surface area contributed by atoms with Crippen LogP contribution in [0.25, 0.3) is 10.8 Å². The summed E-state index contributed by atoms with van der Waals surface area (Å²) in [7, 11) is -8.85. The molecule has 4 bridgehead atoms. The maximum absolute atomic E-state index is 14.7. The summed E-state index contributed by atoms with van der Waals surface area (Å²) < 4.78 is 82.0. The molecule has 41 heavy (non-hydrogen) atoms. The van der Waals surface area contributed by atoms with Crippen molar-refractivity contribution in [2.45, 2.75) is 104 Å². The van der Waals surface area contributed by atoms with E-state index in [0.717, 1.165) is 61.3 Å². The van der Waals surface area contributed by atoms with Gasteiger partial charge in [-0.25, -0.2) is 0 Å². The fraction of sp³-hybridized carbons (Fsp3) is 0.484. The Hall–Kier alpha value is -2.50. The van der Waals surface area contributed by atoms with Gasteiger partial charge in [0.2, 0.25) is 0 Å². The molecule has 4 heterocycles. The molecule has 4 saturated heterocycles. The summed E-state index contributed by atoms with van der Waals surface area (Å²) >= 11 is 0. The molecule has 1 N–H and O–H groups in total. The first-order valence-electron chi connectivity index (χ1n) is 14.6. The Balaban J connectivity index is 1.35. The minimum absolute atomic E-state index is 0.0421. The van der Waals surface area contributed by atoms with Crippen LogP contribution in [-0.4, -0.2) is 39.7 Å². The minimum atomic E-state index is -4.45. The third-order valence-electron chi connectivity index (χ3n) is 10.1. The fourth-order valence-electron chi connectivity index (χ4n) is 8.35. The third kappa shape index (κ3) is 4.01. The van der Waals surface area contributed by atoms with Crippen LogP contribution in [0, 0.1) is 0 Å². The molecule has 0 radical (unpaired) electrons. The van der Waals surface area contributed by atoms with Crippen molar-refractivity contribution in [2.75, 3.05) is 0 Å². The monoisotopic (exact) mass is 596 g/mol. The Labute approximate surface area is 239 Å². The molecule has 5 aliphatic rings. The van der Waals surface area contributed by atoms with E-state index >= 15 is 0 Å². The van der Waals surface area contributed by atoms with Crippen LogP contribution >= 0.6 is 0 Å². The van der Waals surface area contributed by atoms with Gasteiger partial charge in [-0.05, 0) is 104 Å². The van der Waals surface area contributed by atoms with E-state index in [0.29, 0.717) is 36.0 Å². The first-order valence-corrected chi connectivity index (χ1v) is 17.4. The van der Waals surface area contributed by atoms with E-state index < -0.39 is 25.8 Å². The maximum Gasteiger partial charge on any atom is 0.339 e. The number of fused-ring (bicyclic) bond motifs is 6. The van der Waals surface area contributed by atoms with Gasteiger partial charge in [-0.2, -0.15) is 16.8 Å². The van der Waals surface area contributed by atoms with Crippen LogP contribution in [0.2, 0.25) is 0 Å². The van der Waals surface area contributed by atoms with E-state index in [1.807, 2.05) is 30.3 Å². The van der Waals surface area contributed by atoms with E-state index in [1.54, 1.807) is 0 Å². The van der Waals surface area contributed by atoms with E-state index in [9.17, 15) is 21.4 Å². The second kappa shape index (κ2) is 9.00. The molecule has 10 heteroatoms. The number of hydrogen-bond acceptors (Lipinski definition) is 7. The smallest absolute Gasteiger partial charge is 0.339 e. The van der Waals surface area contributed by atoms with Gasteiger partial charge in [-0.15, -0.1) is 0 Å². The molecule has 0 spiro atoms. The lowest BCUT2D eigenvalue weighted by Crippen LogP contribution is -2.29. The van der Waals surface area contributed by atoms with Crippen molar-refractivity contribution >= 4 is 31.0 Å².